The predicted octanol–water partition coefficient (Wildman–Crippen LogP) is 3.42. The van der Waals surface area contributed by atoms with Crippen LogP contribution >= 0.6 is 0 Å². The third kappa shape index (κ3) is 2.28. The van der Waals surface area contributed by atoms with Crippen molar-refractivity contribution in [1.82, 2.24) is 0 Å². The minimum Gasteiger partial charge on any atom is -0.234 e. The molecular formula is C5H2F10. The second-order valence-electron chi connectivity index (χ2n) is 2.43. The molecule has 1 unspecified atom stereocenters. The van der Waals surface area contributed by atoms with Crippen molar-refractivity contribution in [3.63, 3.8) is 0 Å². The molecule has 0 N–H and O–H groups in total. The van der Waals surface area contributed by atoms with Crippen LogP contribution in [0.1, 0.15) is 0 Å². The highest BCUT2D eigenvalue weighted by Crippen LogP contribution is 2.49. The van der Waals surface area contributed by atoms with Crippen LogP contribution in [-0.2, 0) is 0 Å². The first-order valence-electron chi connectivity index (χ1n) is 3.10. The van der Waals surface area contributed by atoms with E-state index >= 15 is 0 Å². The molecule has 0 aromatic heterocycles. The quantitative estimate of drug-likeness (QED) is 0.675. The Balaban J connectivity index is 5.19. The normalized spacial score (nSPS) is 17.0. The summed E-state index contributed by atoms with van der Waals surface area (Å²) >= 11 is 0. The van der Waals surface area contributed by atoms with E-state index in [-0.39, 0.29) is 0 Å². The molecule has 0 bridgehead atoms. The van der Waals surface area contributed by atoms with Crippen molar-refractivity contribution in [2.24, 2.45) is 0 Å². The van der Waals surface area contributed by atoms with Gasteiger partial charge in [0.2, 0.25) is 6.17 Å². The topological polar surface area (TPSA) is 0 Å². The smallest absolute Gasteiger partial charge is 0.234 e. The molecule has 92 valence electrons. The van der Waals surface area contributed by atoms with Crippen LogP contribution in [0.5, 0.6) is 0 Å². The number of halogens is 10. The molecule has 0 rings (SSSR count). The average molecular weight is 252 g/mol. The van der Waals surface area contributed by atoms with Gasteiger partial charge >= 0.3 is 18.0 Å². The number of alkyl halides is 10. The zero-order valence-electron chi connectivity index (χ0n) is 6.43. The van der Waals surface area contributed by atoms with Gasteiger partial charge in [-0.15, -0.1) is 0 Å². The second kappa shape index (κ2) is 3.71. The summed E-state index contributed by atoms with van der Waals surface area (Å²) in [6, 6.07) is 0. The lowest BCUT2D eigenvalue weighted by Gasteiger charge is -2.29. The third-order valence-corrected chi connectivity index (χ3v) is 1.34. The van der Waals surface area contributed by atoms with Crippen molar-refractivity contribution in [3.05, 3.63) is 0 Å². The third-order valence-electron chi connectivity index (χ3n) is 1.34. The zero-order valence-corrected chi connectivity index (χ0v) is 6.43. The van der Waals surface area contributed by atoms with Gasteiger partial charge in [-0.05, 0) is 0 Å². The van der Waals surface area contributed by atoms with E-state index in [0.717, 1.165) is 0 Å². The summed E-state index contributed by atoms with van der Waals surface area (Å²) in [7, 11) is 0. The molecule has 0 saturated heterocycles. The highest BCUT2D eigenvalue weighted by molar-refractivity contribution is 4.96. The molecule has 0 aliphatic rings. The lowest BCUT2D eigenvalue weighted by atomic mass is 10.1. The van der Waals surface area contributed by atoms with Gasteiger partial charge in [-0.2, -0.15) is 30.7 Å². The van der Waals surface area contributed by atoms with Gasteiger partial charge in [0, 0.05) is 0 Å². The molecule has 0 aromatic rings. The molecule has 0 aliphatic carbocycles. The monoisotopic (exact) mass is 252 g/mol. The summed E-state index contributed by atoms with van der Waals surface area (Å²) in [6.07, 6.45) is -16.3. The van der Waals surface area contributed by atoms with E-state index in [1.54, 1.807) is 0 Å². The molecule has 0 fully saturated rings. The fourth-order valence-corrected chi connectivity index (χ4v) is 0.520. The standard InChI is InChI=1S/C5H2F10/c6-1(2(7)8)3(9,10)4(11,12)5(13,14)15/h1-2H. The van der Waals surface area contributed by atoms with E-state index in [4.69, 9.17) is 0 Å². The van der Waals surface area contributed by atoms with E-state index in [0.29, 0.717) is 0 Å². The van der Waals surface area contributed by atoms with Crippen LogP contribution in [0.3, 0.4) is 0 Å². The van der Waals surface area contributed by atoms with Crippen LogP contribution < -0.4 is 0 Å². The molecule has 1 atom stereocenters. The Morgan fingerprint density at radius 3 is 1.20 bits per heavy atom. The first kappa shape index (κ1) is 14.3. The van der Waals surface area contributed by atoms with Crippen LogP contribution in [0, 0.1) is 0 Å². The molecule has 0 spiro atoms. The van der Waals surface area contributed by atoms with Gasteiger partial charge in [0.05, 0.1) is 0 Å². The first-order chi connectivity index (χ1) is 6.35. The van der Waals surface area contributed by atoms with E-state index < -0.39 is 30.6 Å². The molecule has 0 aromatic carbocycles. The molecule has 15 heavy (non-hydrogen) atoms. The number of hydrogen-bond donors (Lipinski definition) is 0. The maximum Gasteiger partial charge on any atom is 0.459 e. The highest BCUT2D eigenvalue weighted by atomic mass is 19.4. The van der Waals surface area contributed by atoms with Crippen LogP contribution in [-0.4, -0.2) is 30.6 Å². The lowest BCUT2D eigenvalue weighted by Crippen LogP contribution is -2.58. The van der Waals surface area contributed by atoms with Crippen molar-refractivity contribution < 1.29 is 43.9 Å². The van der Waals surface area contributed by atoms with E-state index in [1.807, 2.05) is 0 Å². The number of rotatable bonds is 3. The van der Waals surface area contributed by atoms with Crippen molar-refractivity contribution in [2.75, 3.05) is 0 Å². The largest absolute Gasteiger partial charge is 0.459 e. The Kier molecular flexibility index (Phi) is 3.53. The van der Waals surface area contributed by atoms with Crippen molar-refractivity contribution in [3.8, 4) is 0 Å². The van der Waals surface area contributed by atoms with Gasteiger partial charge in [-0.1, -0.05) is 0 Å². The maximum absolute atomic E-state index is 12.0. The van der Waals surface area contributed by atoms with E-state index in [1.165, 1.54) is 0 Å². The Bertz CT molecular complexity index is 214. The minimum absolute atomic E-state index is 4.65. The summed E-state index contributed by atoms with van der Waals surface area (Å²) < 4.78 is 116. The van der Waals surface area contributed by atoms with Crippen molar-refractivity contribution in [1.29, 1.82) is 0 Å². The predicted molar refractivity (Wildman–Crippen MR) is 26.8 cm³/mol. The SMILES string of the molecule is FC(F)C(F)C(F)(F)C(F)(F)C(F)(F)F. The summed E-state index contributed by atoms with van der Waals surface area (Å²) in [5.74, 6) is -13.4. The second-order valence-corrected chi connectivity index (χ2v) is 2.43. The van der Waals surface area contributed by atoms with E-state index in [9.17, 15) is 43.9 Å². The van der Waals surface area contributed by atoms with Gasteiger partial charge < -0.3 is 0 Å². The minimum atomic E-state index is -6.85. The highest BCUT2D eigenvalue weighted by Gasteiger charge is 2.77. The fourth-order valence-electron chi connectivity index (χ4n) is 0.520. The average Bonchev–Trinajstić information content (AvgIpc) is 2.00. The van der Waals surface area contributed by atoms with Gasteiger partial charge in [-0.25, -0.2) is 13.2 Å². The van der Waals surface area contributed by atoms with E-state index in [2.05, 4.69) is 0 Å². The summed E-state index contributed by atoms with van der Waals surface area (Å²) in [4.78, 5) is 0. The van der Waals surface area contributed by atoms with Crippen molar-refractivity contribution >= 4 is 0 Å². The van der Waals surface area contributed by atoms with Gasteiger partial charge in [-0.3, -0.25) is 0 Å². The van der Waals surface area contributed by atoms with Crippen LogP contribution in [0.2, 0.25) is 0 Å². The summed E-state index contributed by atoms with van der Waals surface area (Å²) in [5.41, 5.74) is 0. The molecule has 10 heteroatoms. The molecule has 0 saturated carbocycles. The Hall–Kier alpha value is -0.700. The maximum atomic E-state index is 12.0. The zero-order chi connectivity index (χ0) is 12.7. The Morgan fingerprint density at radius 1 is 0.667 bits per heavy atom. The van der Waals surface area contributed by atoms with Crippen LogP contribution in [0.25, 0.3) is 0 Å². The summed E-state index contributed by atoms with van der Waals surface area (Å²) in [5, 5.41) is 0. The molecular weight excluding hydrogens is 250 g/mol. The van der Waals surface area contributed by atoms with Crippen LogP contribution in [0.4, 0.5) is 43.9 Å². The Morgan fingerprint density at radius 2 is 1.00 bits per heavy atom. The fraction of sp³-hybridized carbons (Fsp3) is 1.00. The van der Waals surface area contributed by atoms with Crippen molar-refractivity contribution in [2.45, 2.75) is 30.6 Å². The molecule has 0 radical (unpaired) electrons. The molecule has 0 heterocycles. The Labute approximate surface area is 75.9 Å². The van der Waals surface area contributed by atoms with Gasteiger partial charge in [0.1, 0.15) is 0 Å². The molecule has 0 aliphatic heterocycles. The molecule has 0 nitrogen and oxygen atoms in total. The first-order valence-corrected chi connectivity index (χ1v) is 3.10. The van der Waals surface area contributed by atoms with Gasteiger partial charge in [0.25, 0.3) is 6.43 Å². The molecule has 0 amide bonds. The number of hydrogen-bond acceptors (Lipinski definition) is 0. The summed E-state index contributed by atoms with van der Waals surface area (Å²) in [6.45, 7) is 0. The lowest BCUT2D eigenvalue weighted by molar-refractivity contribution is -0.371. The van der Waals surface area contributed by atoms with Crippen LogP contribution in [0.15, 0.2) is 0 Å². The van der Waals surface area contributed by atoms with Gasteiger partial charge in [0.15, 0.2) is 0 Å².